The standard InChI is InChI=1S/C22H21ClN2O3S2/c1-2-28-18-11-9-17(10-12-18)24-20(26)4-3-13-25-21(27)19(30-22(25)29)14-15-5-7-16(23)8-6-15/h5-12,14H,2-4,13H2,1H3,(H,24,26)/b19-14-. The van der Waals surface area contributed by atoms with Crippen LogP contribution < -0.4 is 10.1 Å². The monoisotopic (exact) mass is 460 g/mol. The van der Waals surface area contributed by atoms with Crippen LogP contribution in [0.15, 0.2) is 53.4 Å². The number of rotatable bonds is 8. The summed E-state index contributed by atoms with van der Waals surface area (Å²) in [5.41, 5.74) is 1.59. The van der Waals surface area contributed by atoms with Crippen molar-refractivity contribution in [1.82, 2.24) is 4.90 Å². The number of nitrogens with one attached hydrogen (secondary N) is 1. The van der Waals surface area contributed by atoms with Crippen molar-refractivity contribution in [3.05, 3.63) is 64.0 Å². The van der Waals surface area contributed by atoms with E-state index in [-0.39, 0.29) is 11.8 Å². The van der Waals surface area contributed by atoms with Crippen LogP contribution in [0, 0.1) is 0 Å². The zero-order chi connectivity index (χ0) is 21.5. The lowest BCUT2D eigenvalue weighted by molar-refractivity contribution is -0.122. The number of anilines is 1. The number of amides is 2. The van der Waals surface area contributed by atoms with Crippen LogP contribution in [0.5, 0.6) is 5.75 Å². The number of benzene rings is 2. The van der Waals surface area contributed by atoms with Gasteiger partial charge >= 0.3 is 0 Å². The molecule has 0 atom stereocenters. The van der Waals surface area contributed by atoms with E-state index in [1.807, 2.05) is 31.2 Å². The second kappa shape index (κ2) is 10.6. The third kappa shape index (κ3) is 6.08. The van der Waals surface area contributed by atoms with E-state index in [0.29, 0.717) is 45.9 Å². The quantitative estimate of drug-likeness (QED) is 0.424. The fraction of sp³-hybridized carbons (Fsp3) is 0.227. The van der Waals surface area contributed by atoms with Crippen molar-refractivity contribution in [3.8, 4) is 5.75 Å². The van der Waals surface area contributed by atoms with Crippen molar-refractivity contribution in [2.75, 3.05) is 18.5 Å². The summed E-state index contributed by atoms with van der Waals surface area (Å²) in [7, 11) is 0. The molecule has 0 radical (unpaired) electrons. The Morgan fingerprint density at radius 3 is 2.57 bits per heavy atom. The zero-order valence-corrected chi connectivity index (χ0v) is 18.8. The maximum Gasteiger partial charge on any atom is 0.266 e. The highest BCUT2D eigenvalue weighted by Crippen LogP contribution is 2.32. The first-order valence-electron chi connectivity index (χ1n) is 9.50. The molecule has 2 amide bonds. The second-order valence-corrected chi connectivity index (χ2v) is 8.61. The molecule has 30 heavy (non-hydrogen) atoms. The Bertz CT molecular complexity index is 959. The van der Waals surface area contributed by atoms with Gasteiger partial charge in [0.15, 0.2) is 0 Å². The molecule has 0 saturated carbocycles. The second-order valence-electron chi connectivity index (χ2n) is 6.49. The fourth-order valence-electron chi connectivity index (χ4n) is 2.83. The van der Waals surface area contributed by atoms with Crippen molar-refractivity contribution in [2.45, 2.75) is 19.8 Å². The molecule has 2 aromatic carbocycles. The Labute approximate surface area is 190 Å². The summed E-state index contributed by atoms with van der Waals surface area (Å²) in [5.74, 6) is 0.518. The molecule has 0 aromatic heterocycles. The molecule has 0 spiro atoms. The van der Waals surface area contributed by atoms with E-state index in [0.717, 1.165) is 11.3 Å². The molecule has 0 unspecified atom stereocenters. The van der Waals surface area contributed by atoms with Crippen molar-refractivity contribution in [2.24, 2.45) is 0 Å². The summed E-state index contributed by atoms with van der Waals surface area (Å²) in [6, 6.07) is 14.5. The Kier molecular flexibility index (Phi) is 7.90. The van der Waals surface area contributed by atoms with Gasteiger partial charge in [-0.3, -0.25) is 14.5 Å². The lowest BCUT2D eigenvalue weighted by atomic mass is 10.2. The predicted molar refractivity (Wildman–Crippen MR) is 127 cm³/mol. The van der Waals surface area contributed by atoms with Gasteiger partial charge in [0.05, 0.1) is 11.5 Å². The minimum absolute atomic E-state index is 0.110. The molecular formula is C22H21ClN2O3S2. The predicted octanol–water partition coefficient (Wildman–Crippen LogP) is 5.36. The number of ether oxygens (including phenoxy) is 1. The summed E-state index contributed by atoms with van der Waals surface area (Å²) >= 11 is 12.5. The van der Waals surface area contributed by atoms with Crippen LogP contribution >= 0.6 is 35.6 Å². The van der Waals surface area contributed by atoms with Crippen LogP contribution in [0.4, 0.5) is 5.69 Å². The molecule has 0 bridgehead atoms. The van der Waals surface area contributed by atoms with Crippen LogP contribution in [0.1, 0.15) is 25.3 Å². The average Bonchev–Trinajstić information content (AvgIpc) is 2.99. The SMILES string of the molecule is CCOc1ccc(NC(=O)CCCN2C(=O)/C(=C/c3ccc(Cl)cc3)SC2=S)cc1. The lowest BCUT2D eigenvalue weighted by Gasteiger charge is -2.14. The van der Waals surface area contributed by atoms with Crippen LogP contribution in [-0.2, 0) is 9.59 Å². The van der Waals surface area contributed by atoms with Gasteiger partial charge in [-0.05, 0) is 61.4 Å². The van der Waals surface area contributed by atoms with Gasteiger partial charge in [-0.2, -0.15) is 0 Å². The number of carbonyl (C=O) groups excluding carboxylic acids is 2. The van der Waals surface area contributed by atoms with E-state index in [2.05, 4.69) is 5.32 Å². The minimum Gasteiger partial charge on any atom is -0.494 e. The van der Waals surface area contributed by atoms with E-state index in [9.17, 15) is 9.59 Å². The van der Waals surface area contributed by atoms with E-state index < -0.39 is 0 Å². The van der Waals surface area contributed by atoms with Crippen molar-refractivity contribution in [3.63, 3.8) is 0 Å². The molecule has 1 N–H and O–H groups in total. The number of halogens is 1. The topological polar surface area (TPSA) is 58.6 Å². The summed E-state index contributed by atoms with van der Waals surface area (Å²) in [5, 5.41) is 3.49. The fourth-order valence-corrected chi connectivity index (χ4v) is 4.26. The van der Waals surface area contributed by atoms with Crippen molar-refractivity contribution < 1.29 is 14.3 Å². The number of hydrogen-bond acceptors (Lipinski definition) is 5. The molecule has 5 nitrogen and oxygen atoms in total. The van der Waals surface area contributed by atoms with Gasteiger partial charge in [0.25, 0.3) is 5.91 Å². The maximum absolute atomic E-state index is 12.6. The average molecular weight is 461 g/mol. The molecular weight excluding hydrogens is 440 g/mol. The van der Waals surface area contributed by atoms with E-state index in [4.69, 9.17) is 28.6 Å². The highest BCUT2D eigenvalue weighted by atomic mass is 35.5. The molecule has 1 fully saturated rings. The molecule has 1 aliphatic rings. The zero-order valence-electron chi connectivity index (χ0n) is 16.4. The molecule has 1 saturated heterocycles. The Hall–Kier alpha value is -2.35. The van der Waals surface area contributed by atoms with Crippen molar-refractivity contribution in [1.29, 1.82) is 0 Å². The summed E-state index contributed by atoms with van der Waals surface area (Å²) in [4.78, 5) is 27.0. The molecule has 156 valence electrons. The Morgan fingerprint density at radius 1 is 1.20 bits per heavy atom. The van der Waals surface area contributed by atoms with Gasteiger partial charge in [0.2, 0.25) is 5.91 Å². The van der Waals surface area contributed by atoms with Crippen LogP contribution in [0.2, 0.25) is 5.02 Å². The number of thiocarbonyl (C=S) groups is 1. The number of nitrogens with zero attached hydrogens (tertiary/aromatic N) is 1. The molecule has 3 rings (SSSR count). The maximum atomic E-state index is 12.6. The minimum atomic E-state index is -0.133. The third-order valence-electron chi connectivity index (χ3n) is 4.28. The van der Waals surface area contributed by atoms with Crippen molar-refractivity contribution >= 4 is 63.5 Å². The largest absolute Gasteiger partial charge is 0.494 e. The summed E-state index contributed by atoms with van der Waals surface area (Å²) < 4.78 is 5.89. The highest BCUT2D eigenvalue weighted by Gasteiger charge is 2.31. The third-order valence-corrected chi connectivity index (χ3v) is 5.91. The Balaban J connectivity index is 1.49. The normalized spacial score (nSPS) is 15.0. The van der Waals surface area contributed by atoms with Gasteiger partial charge in [0.1, 0.15) is 10.1 Å². The van der Waals surface area contributed by atoms with Gasteiger partial charge < -0.3 is 10.1 Å². The van der Waals surface area contributed by atoms with Crippen LogP contribution in [0.25, 0.3) is 6.08 Å². The van der Waals surface area contributed by atoms with E-state index >= 15 is 0 Å². The highest BCUT2D eigenvalue weighted by molar-refractivity contribution is 8.26. The molecule has 8 heteroatoms. The summed E-state index contributed by atoms with van der Waals surface area (Å²) in [6.07, 6.45) is 2.61. The van der Waals surface area contributed by atoms with E-state index in [1.54, 1.807) is 35.2 Å². The van der Waals surface area contributed by atoms with Gasteiger partial charge in [0, 0.05) is 23.7 Å². The van der Waals surface area contributed by atoms with Gasteiger partial charge in [-0.25, -0.2) is 0 Å². The number of thioether (sulfide) groups is 1. The first-order chi connectivity index (χ1) is 14.5. The molecule has 2 aromatic rings. The number of hydrogen-bond donors (Lipinski definition) is 1. The molecule has 1 aliphatic heterocycles. The Morgan fingerprint density at radius 2 is 1.90 bits per heavy atom. The molecule has 1 heterocycles. The summed E-state index contributed by atoms with van der Waals surface area (Å²) in [6.45, 7) is 2.92. The van der Waals surface area contributed by atoms with Crippen LogP contribution in [-0.4, -0.2) is 34.2 Å². The lowest BCUT2D eigenvalue weighted by Crippen LogP contribution is -2.29. The smallest absolute Gasteiger partial charge is 0.266 e. The van der Waals surface area contributed by atoms with Gasteiger partial charge in [-0.15, -0.1) is 0 Å². The first kappa shape index (κ1) is 22.3. The molecule has 0 aliphatic carbocycles. The first-order valence-corrected chi connectivity index (χ1v) is 11.1. The number of carbonyl (C=O) groups is 2. The van der Waals surface area contributed by atoms with E-state index in [1.165, 1.54) is 11.8 Å². The van der Waals surface area contributed by atoms with Gasteiger partial charge in [-0.1, -0.05) is 47.7 Å². The van der Waals surface area contributed by atoms with Crippen LogP contribution in [0.3, 0.4) is 0 Å².